The van der Waals surface area contributed by atoms with E-state index in [1.807, 2.05) is 24.4 Å². The number of methoxy groups -OCH3 is 1. The molecule has 4 rings (SSSR count). The van der Waals surface area contributed by atoms with Crippen LogP contribution in [0.3, 0.4) is 0 Å². The van der Waals surface area contributed by atoms with E-state index in [9.17, 15) is 4.39 Å². The summed E-state index contributed by atoms with van der Waals surface area (Å²) in [5.74, 6) is 1.79. The van der Waals surface area contributed by atoms with E-state index in [1.165, 1.54) is 17.7 Å². The first-order valence-electron chi connectivity index (χ1n) is 9.30. The summed E-state index contributed by atoms with van der Waals surface area (Å²) in [6.45, 7) is 2.55. The predicted octanol–water partition coefficient (Wildman–Crippen LogP) is 5.78. The Labute approximate surface area is 169 Å². The van der Waals surface area contributed by atoms with Gasteiger partial charge in [-0.2, -0.15) is 0 Å². The summed E-state index contributed by atoms with van der Waals surface area (Å²) >= 11 is 0. The SMILES string of the molecule is COc1cc(OCc2ccc(C)cc2)ccc1-c1c[nH]c(-c2ccc(F)cc2)n1. The zero-order chi connectivity index (χ0) is 20.2. The van der Waals surface area contributed by atoms with Gasteiger partial charge < -0.3 is 14.5 Å². The van der Waals surface area contributed by atoms with Crippen LogP contribution in [-0.4, -0.2) is 17.1 Å². The van der Waals surface area contributed by atoms with Gasteiger partial charge in [0.05, 0.1) is 12.8 Å². The number of aromatic nitrogens is 2. The van der Waals surface area contributed by atoms with Gasteiger partial charge in [0, 0.05) is 23.4 Å². The molecule has 1 aromatic heterocycles. The van der Waals surface area contributed by atoms with Gasteiger partial charge in [0.1, 0.15) is 29.7 Å². The van der Waals surface area contributed by atoms with Crippen LogP contribution >= 0.6 is 0 Å². The van der Waals surface area contributed by atoms with Gasteiger partial charge in [0.25, 0.3) is 0 Å². The third kappa shape index (κ3) is 4.29. The van der Waals surface area contributed by atoms with Gasteiger partial charge in [0.2, 0.25) is 0 Å². The second-order valence-electron chi connectivity index (χ2n) is 6.78. The van der Waals surface area contributed by atoms with Crippen molar-refractivity contribution in [3.05, 3.63) is 89.9 Å². The normalized spacial score (nSPS) is 10.7. The number of rotatable bonds is 6. The molecule has 0 aliphatic heterocycles. The number of halogens is 1. The van der Waals surface area contributed by atoms with E-state index in [1.54, 1.807) is 19.2 Å². The van der Waals surface area contributed by atoms with Gasteiger partial charge in [-0.1, -0.05) is 29.8 Å². The Kier molecular flexibility index (Phi) is 5.29. The Morgan fingerprint density at radius 2 is 1.72 bits per heavy atom. The van der Waals surface area contributed by atoms with Crippen LogP contribution in [0.2, 0.25) is 0 Å². The van der Waals surface area contributed by atoms with Crippen LogP contribution in [0.25, 0.3) is 22.6 Å². The van der Waals surface area contributed by atoms with Crippen LogP contribution in [0.4, 0.5) is 4.39 Å². The number of benzene rings is 3. The van der Waals surface area contributed by atoms with Crippen molar-refractivity contribution in [2.24, 2.45) is 0 Å². The minimum Gasteiger partial charge on any atom is -0.496 e. The molecule has 1 N–H and O–H groups in total. The average molecular weight is 388 g/mol. The van der Waals surface area contributed by atoms with Gasteiger partial charge in [0.15, 0.2) is 0 Å². The molecular weight excluding hydrogens is 367 g/mol. The Balaban J connectivity index is 1.54. The molecule has 0 aliphatic carbocycles. The molecule has 0 radical (unpaired) electrons. The van der Waals surface area contributed by atoms with Gasteiger partial charge >= 0.3 is 0 Å². The van der Waals surface area contributed by atoms with Crippen molar-refractivity contribution in [3.63, 3.8) is 0 Å². The maximum Gasteiger partial charge on any atom is 0.138 e. The van der Waals surface area contributed by atoms with Crippen molar-refractivity contribution >= 4 is 0 Å². The van der Waals surface area contributed by atoms with Crippen molar-refractivity contribution in [2.45, 2.75) is 13.5 Å². The van der Waals surface area contributed by atoms with E-state index in [0.29, 0.717) is 18.2 Å². The number of H-pyrrole nitrogens is 1. The molecule has 4 aromatic rings. The topological polar surface area (TPSA) is 47.1 Å². The molecule has 0 saturated heterocycles. The first kappa shape index (κ1) is 18.7. The second-order valence-corrected chi connectivity index (χ2v) is 6.78. The highest BCUT2D eigenvalue weighted by Gasteiger charge is 2.12. The predicted molar refractivity (Wildman–Crippen MR) is 111 cm³/mol. The molecule has 29 heavy (non-hydrogen) atoms. The third-order valence-electron chi connectivity index (χ3n) is 4.67. The fraction of sp³-hybridized carbons (Fsp3) is 0.125. The molecule has 0 aliphatic rings. The van der Waals surface area contributed by atoms with Gasteiger partial charge in [-0.05, 0) is 48.9 Å². The highest BCUT2D eigenvalue weighted by molar-refractivity contribution is 5.70. The van der Waals surface area contributed by atoms with Crippen molar-refractivity contribution in [1.29, 1.82) is 0 Å². The maximum atomic E-state index is 13.1. The highest BCUT2D eigenvalue weighted by atomic mass is 19.1. The van der Waals surface area contributed by atoms with E-state index in [0.717, 1.165) is 28.1 Å². The lowest BCUT2D eigenvalue weighted by Gasteiger charge is -2.11. The standard InChI is InChI=1S/C24H21FN2O2/c1-16-3-5-17(6-4-16)15-29-20-11-12-21(23(13-20)28-2)22-14-26-24(27-22)18-7-9-19(25)10-8-18/h3-14H,15H2,1-2H3,(H,26,27). The minimum absolute atomic E-state index is 0.275. The summed E-state index contributed by atoms with van der Waals surface area (Å²) in [6, 6.07) is 20.1. The molecule has 0 saturated carbocycles. The number of nitrogens with one attached hydrogen (secondary N) is 1. The fourth-order valence-electron chi connectivity index (χ4n) is 3.04. The minimum atomic E-state index is -0.275. The Morgan fingerprint density at radius 3 is 2.45 bits per heavy atom. The zero-order valence-corrected chi connectivity index (χ0v) is 16.3. The monoisotopic (exact) mass is 388 g/mol. The zero-order valence-electron chi connectivity index (χ0n) is 16.3. The molecular formula is C24H21FN2O2. The highest BCUT2D eigenvalue weighted by Crippen LogP contribution is 2.33. The number of nitrogens with zero attached hydrogens (tertiary/aromatic N) is 1. The Morgan fingerprint density at radius 1 is 0.966 bits per heavy atom. The van der Waals surface area contributed by atoms with Gasteiger partial charge in [-0.15, -0.1) is 0 Å². The first-order chi connectivity index (χ1) is 14.1. The molecule has 1 heterocycles. The number of aromatic amines is 1. The van der Waals surface area contributed by atoms with Crippen molar-refractivity contribution in [2.75, 3.05) is 7.11 Å². The number of hydrogen-bond acceptors (Lipinski definition) is 3. The number of ether oxygens (including phenoxy) is 2. The summed E-state index contributed by atoms with van der Waals surface area (Å²) in [4.78, 5) is 7.76. The molecule has 0 spiro atoms. The van der Waals surface area contributed by atoms with Crippen LogP contribution in [0, 0.1) is 12.7 Å². The van der Waals surface area contributed by atoms with E-state index < -0.39 is 0 Å². The summed E-state index contributed by atoms with van der Waals surface area (Å²) < 4.78 is 24.6. The van der Waals surface area contributed by atoms with E-state index in [2.05, 4.69) is 41.2 Å². The number of hydrogen-bond donors (Lipinski definition) is 1. The summed E-state index contributed by atoms with van der Waals surface area (Å²) in [6.07, 6.45) is 1.81. The lowest BCUT2D eigenvalue weighted by atomic mass is 10.1. The van der Waals surface area contributed by atoms with Crippen LogP contribution in [0.15, 0.2) is 72.9 Å². The van der Waals surface area contributed by atoms with Crippen LogP contribution in [0.1, 0.15) is 11.1 Å². The molecule has 0 unspecified atom stereocenters. The molecule has 0 amide bonds. The average Bonchev–Trinajstić information content (AvgIpc) is 3.23. The molecule has 0 fully saturated rings. The number of imidazole rings is 1. The van der Waals surface area contributed by atoms with E-state index in [4.69, 9.17) is 9.47 Å². The number of aryl methyl sites for hydroxylation is 1. The van der Waals surface area contributed by atoms with Gasteiger partial charge in [-0.25, -0.2) is 9.37 Å². The van der Waals surface area contributed by atoms with Crippen LogP contribution in [-0.2, 0) is 6.61 Å². The maximum absolute atomic E-state index is 13.1. The molecule has 0 atom stereocenters. The van der Waals surface area contributed by atoms with Crippen molar-refractivity contribution < 1.29 is 13.9 Å². The molecule has 146 valence electrons. The smallest absolute Gasteiger partial charge is 0.138 e. The lowest BCUT2D eigenvalue weighted by molar-refractivity contribution is 0.304. The molecule has 3 aromatic carbocycles. The Hall–Kier alpha value is -3.60. The second kappa shape index (κ2) is 8.19. The van der Waals surface area contributed by atoms with Crippen LogP contribution < -0.4 is 9.47 Å². The summed E-state index contributed by atoms with van der Waals surface area (Å²) in [7, 11) is 1.62. The third-order valence-corrected chi connectivity index (χ3v) is 4.67. The largest absolute Gasteiger partial charge is 0.496 e. The molecule has 5 heteroatoms. The van der Waals surface area contributed by atoms with Crippen molar-refractivity contribution in [3.8, 4) is 34.1 Å². The fourth-order valence-corrected chi connectivity index (χ4v) is 3.04. The van der Waals surface area contributed by atoms with E-state index >= 15 is 0 Å². The first-order valence-corrected chi connectivity index (χ1v) is 9.30. The summed E-state index contributed by atoms with van der Waals surface area (Å²) in [5, 5.41) is 0. The summed E-state index contributed by atoms with van der Waals surface area (Å²) in [5.41, 5.74) is 4.73. The lowest BCUT2D eigenvalue weighted by Crippen LogP contribution is -1.96. The van der Waals surface area contributed by atoms with Crippen molar-refractivity contribution in [1.82, 2.24) is 9.97 Å². The van der Waals surface area contributed by atoms with E-state index in [-0.39, 0.29) is 5.82 Å². The quantitative estimate of drug-likeness (QED) is 0.455. The molecule has 4 nitrogen and oxygen atoms in total. The van der Waals surface area contributed by atoms with Crippen LogP contribution in [0.5, 0.6) is 11.5 Å². The Bertz CT molecular complexity index is 1100. The molecule has 0 bridgehead atoms. The van der Waals surface area contributed by atoms with Gasteiger partial charge in [-0.3, -0.25) is 0 Å².